The summed E-state index contributed by atoms with van der Waals surface area (Å²) in [4.78, 5) is 4.47. The highest BCUT2D eigenvalue weighted by Gasteiger charge is 2.04. The predicted octanol–water partition coefficient (Wildman–Crippen LogP) is 1.12. The zero-order valence-corrected chi connectivity index (χ0v) is 10.6. The van der Waals surface area contributed by atoms with E-state index in [4.69, 9.17) is 10.2 Å². The molecule has 0 saturated heterocycles. The lowest BCUT2D eigenvalue weighted by Gasteiger charge is -2.16. The first-order chi connectivity index (χ1) is 7.61. The van der Waals surface area contributed by atoms with Crippen molar-refractivity contribution in [3.63, 3.8) is 0 Å². The van der Waals surface area contributed by atoms with E-state index in [-0.39, 0.29) is 0 Å². The van der Waals surface area contributed by atoms with E-state index in [2.05, 4.69) is 30.9 Å². The first kappa shape index (κ1) is 13.2. The second kappa shape index (κ2) is 6.68. The van der Waals surface area contributed by atoms with Crippen LogP contribution >= 0.6 is 0 Å². The Labute approximate surface area is 98.0 Å². The molecule has 0 atom stereocenters. The average molecular weight is 225 g/mol. The lowest BCUT2D eigenvalue weighted by Crippen LogP contribution is -2.23. The van der Waals surface area contributed by atoms with E-state index in [1.807, 2.05) is 12.1 Å². The molecule has 0 aromatic carbocycles. The van der Waals surface area contributed by atoms with Gasteiger partial charge in [-0.1, -0.05) is 0 Å². The minimum absolute atomic E-state index is 0.477. The summed E-state index contributed by atoms with van der Waals surface area (Å²) >= 11 is 0. The van der Waals surface area contributed by atoms with Crippen molar-refractivity contribution in [1.29, 1.82) is 0 Å². The van der Waals surface area contributed by atoms with Crippen LogP contribution in [0.1, 0.15) is 17.9 Å². The van der Waals surface area contributed by atoms with Gasteiger partial charge >= 0.3 is 0 Å². The third kappa shape index (κ3) is 4.79. The Balaban J connectivity index is 2.25. The third-order valence-electron chi connectivity index (χ3n) is 2.49. The molecule has 0 unspecified atom stereocenters. The molecule has 0 aliphatic heterocycles. The number of hydrogen-bond acceptors (Lipinski definition) is 4. The van der Waals surface area contributed by atoms with Gasteiger partial charge in [0.05, 0.1) is 13.1 Å². The van der Waals surface area contributed by atoms with Gasteiger partial charge in [-0.25, -0.2) is 0 Å². The molecular weight excluding hydrogens is 202 g/mol. The van der Waals surface area contributed by atoms with Crippen molar-refractivity contribution in [3.8, 4) is 0 Å². The molecule has 0 saturated carbocycles. The van der Waals surface area contributed by atoms with Crippen LogP contribution in [0.25, 0.3) is 0 Å². The number of nitrogens with zero attached hydrogens (tertiary/aromatic N) is 2. The van der Waals surface area contributed by atoms with Crippen LogP contribution in [-0.4, -0.2) is 44.0 Å². The summed E-state index contributed by atoms with van der Waals surface area (Å²) in [6.45, 7) is 3.53. The number of hydrogen-bond donors (Lipinski definition) is 1. The standard InChI is InChI=1S/C12H23N3O/c1-14(2)7-4-8-15(3)10-12-6-5-11(9-13)16-12/h5-6H,4,7-10,13H2,1-3H3. The maximum Gasteiger partial charge on any atom is 0.118 e. The molecule has 0 spiro atoms. The van der Waals surface area contributed by atoms with Crippen LogP contribution in [0.4, 0.5) is 0 Å². The molecule has 0 fully saturated rings. The molecule has 0 bridgehead atoms. The monoisotopic (exact) mass is 225 g/mol. The molecule has 1 aromatic rings. The molecule has 0 radical (unpaired) electrons. The summed E-state index contributed by atoms with van der Waals surface area (Å²) in [5.74, 6) is 1.85. The van der Waals surface area contributed by atoms with Crippen molar-refractivity contribution in [2.75, 3.05) is 34.2 Å². The van der Waals surface area contributed by atoms with Crippen molar-refractivity contribution >= 4 is 0 Å². The maximum absolute atomic E-state index is 5.55. The van der Waals surface area contributed by atoms with E-state index in [0.29, 0.717) is 6.54 Å². The Kier molecular flexibility index (Phi) is 5.52. The molecule has 0 aliphatic carbocycles. The van der Waals surface area contributed by atoms with Crippen molar-refractivity contribution in [1.82, 2.24) is 9.80 Å². The van der Waals surface area contributed by atoms with Gasteiger partial charge in [-0.2, -0.15) is 0 Å². The second-order valence-electron chi connectivity index (χ2n) is 4.47. The Morgan fingerprint density at radius 1 is 1.12 bits per heavy atom. The highest BCUT2D eigenvalue weighted by Crippen LogP contribution is 2.09. The van der Waals surface area contributed by atoms with Gasteiger partial charge < -0.3 is 15.1 Å². The smallest absolute Gasteiger partial charge is 0.118 e. The van der Waals surface area contributed by atoms with Crippen molar-refractivity contribution in [2.24, 2.45) is 5.73 Å². The van der Waals surface area contributed by atoms with E-state index in [0.717, 1.165) is 31.2 Å². The minimum atomic E-state index is 0.477. The molecule has 0 amide bonds. The van der Waals surface area contributed by atoms with Gasteiger partial charge in [0, 0.05) is 0 Å². The highest BCUT2D eigenvalue weighted by molar-refractivity contribution is 5.06. The van der Waals surface area contributed by atoms with Crippen molar-refractivity contribution in [2.45, 2.75) is 19.5 Å². The summed E-state index contributed by atoms with van der Waals surface area (Å²) < 4.78 is 5.55. The summed E-state index contributed by atoms with van der Waals surface area (Å²) in [5.41, 5.74) is 5.49. The van der Waals surface area contributed by atoms with Crippen LogP contribution in [0, 0.1) is 0 Å². The Morgan fingerprint density at radius 2 is 1.81 bits per heavy atom. The van der Waals surface area contributed by atoms with Crippen molar-refractivity contribution in [3.05, 3.63) is 23.7 Å². The van der Waals surface area contributed by atoms with Crippen LogP contribution in [0.5, 0.6) is 0 Å². The molecule has 4 heteroatoms. The van der Waals surface area contributed by atoms with E-state index in [1.165, 1.54) is 6.42 Å². The first-order valence-electron chi connectivity index (χ1n) is 5.72. The molecule has 92 valence electrons. The van der Waals surface area contributed by atoms with Crippen LogP contribution in [0.15, 0.2) is 16.5 Å². The zero-order chi connectivity index (χ0) is 12.0. The largest absolute Gasteiger partial charge is 0.463 e. The van der Waals surface area contributed by atoms with Crippen LogP contribution in [0.2, 0.25) is 0 Å². The normalized spacial score (nSPS) is 11.6. The van der Waals surface area contributed by atoms with E-state index >= 15 is 0 Å². The fourth-order valence-electron chi connectivity index (χ4n) is 1.62. The summed E-state index contributed by atoms with van der Waals surface area (Å²) in [6.07, 6.45) is 1.17. The summed E-state index contributed by atoms with van der Waals surface area (Å²) in [7, 11) is 6.31. The first-order valence-corrected chi connectivity index (χ1v) is 5.72. The molecule has 1 heterocycles. The van der Waals surface area contributed by atoms with Crippen LogP contribution in [0.3, 0.4) is 0 Å². The lowest BCUT2D eigenvalue weighted by molar-refractivity contribution is 0.271. The van der Waals surface area contributed by atoms with Gasteiger partial charge in [0.2, 0.25) is 0 Å². The molecule has 4 nitrogen and oxygen atoms in total. The topological polar surface area (TPSA) is 45.6 Å². The zero-order valence-electron chi connectivity index (χ0n) is 10.6. The number of nitrogens with two attached hydrogens (primary N) is 1. The number of rotatable bonds is 7. The third-order valence-corrected chi connectivity index (χ3v) is 2.49. The van der Waals surface area contributed by atoms with Crippen LogP contribution < -0.4 is 5.73 Å². The maximum atomic E-state index is 5.55. The Morgan fingerprint density at radius 3 is 2.38 bits per heavy atom. The summed E-state index contributed by atoms with van der Waals surface area (Å²) in [6, 6.07) is 3.95. The molecule has 2 N–H and O–H groups in total. The van der Waals surface area contributed by atoms with E-state index < -0.39 is 0 Å². The van der Waals surface area contributed by atoms with Gasteiger partial charge in [0.15, 0.2) is 0 Å². The Bertz CT molecular complexity index is 296. The fourth-order valence-corrected chi connectivity index (χ4v) is 1.62. The molecule has 0 aliphatic rings. The van der Waals surface area contributed by atoms with Gasteiger partial charge in [0.1, 0.15) is 11.5 Å². The van der Waals surface area contributed by atoms with Crippen molar-refractivity contribution < 1.29 is 4.42 Å². The molecule has 1 aromatic heterocycles. The van der Waals surface area contributed by atoms with E-state index in [9.17, 15) is 0 Å². The van der Waals surface area contributed by atoms with Gasteiger partial charge in [-0.15, -0.1) is 0 Å². The van der Waals surface area contributed by atoms with Gasteiger partial charge in [0.25, 0.3) is 0 Å². The fraction of sp³-hybridized carbons (Fsp3) is 0.667. The predicted molar refractivity (Wildman–Crippen MR) is 66.1 cm³/mol. The van der Waals surface area contributed by atoms with Crippen LogP contribution in [-0.2, 0) is 13.1 Å². The molecule has 16 heavy (non-hydrogen) atoms. The lowest BCUT2D eigenvalue weighted by atomic mass is 10.3. The quantitative estimate of drug-likeness (QED) is 0.755. The minimum Gasteiger partial charge on any atom is -0.463 e. The SMILES string of the molecule is CN(C)CCCN(C)Cc1ccc(CN)o1. The highest BCUT2D eigenvalue weighted by atomic mass is 16.3. The van der Waals surface area contributed by atoms with E-state index in [1.54, 1.807) is 0 Å². The molecular formula is C12H23N3O. The second-order valence-corrected chi connectivity index (χ2v) is 4.47. The molecule has 1 rings (SSSR count). The Hall–Kier alpha value is -0.840. The van der Waals surface area contributed by atoms with Gasteiger partial charge in [-0.3, -0.25) is 4.90 Å². The summed E-state index contributed by atoms with van der Waals surface area (Å²) in [5, 5.41) is 0. The number of furan rings is 1. The van der Waals surface area contributed by atoms with Gasteiger partial charge in [-0.05, 0) is 52.8 Å². The average Bonchev–Trinajstić information content (AvgIpc) is 2.65.